The molecule has 1 N–H and O–H groups in total. The molecule has 1 unspecified atom stereocenters. The summed E-state index contributed by atoms with van der Waals surface area (Å²) < 4.78 is 0. The monoisotopic (exact) mass is 214 g/mol. The van der Waals surface area contributed by atoms with Gasteiger partial charge in [-0.2, -0.15) is 0 Å². The van der Waals surface area contributed by atoms with Crippen molar-refractivity contribution >= 4 is 5.97 Å². The number of rotatable bonds is 4. The third-order valence-corrected chi connectivity index (χ3v) is 3.18. The highest BCUT2D eigenvalue weighted by Crippen LogP contribution is 2.15. The van der Waals surface area contributed by atoms with Crippen LogP contribution in [0.1, 0.15) is 26.2 Å². The van der Waals surface area contributed by atoms with Crippen LogP contribution in [-0.4, -0.2) is 60.1 Å². The van der Waals surface area contributed by atoms with Crippen molar-refractivity contribution < 1.29 is 9.90 Å². The molecule has 15 heavy (non-hydrogen) atoms. The van der Waals surface area contributed by atoms with Gasteiger partial charge in [-0.3, -0.25) is 9.69 Å². The summed E-state index contributed by atoms with van der Waals surface area (Å²) in [5.74, 6) is -0.713. The fourth-order valence-electron chi connectivity index (χ4n) is 2.26. The van der Waals surface area contributed by atoms with E-state index < -0.39 is 5.97 Å². The summed E-state index contributed by atoms with van der Waals surface area (Å²) >= 11 is 0. The van der Waals surface area contributed by atoms with Crippen molar-refractivity contribution in [2.45, 2.75) is 32.2 Å². The van der Waals surface area contributed by atoms with Gasteiger partial charge in [-0.05, 0) is 45.9 Å². The zero-order chi connectivity index (χ0) is 11.3. The number of hydrogen-bond acceptors (Lipinski definition) is 3. The Morgan fingerprint density at radius 3 is 2.80 bits per heavy atom. The summed E-state index contributed by atoms with van der Waals surface area (Å²) in [5.41, 5.74) is 0. The summed E-state index contributed by atoms with van der Waals surface area (Å²) in [6, 6.07) is 0.455. The summed E-state index contributed by atoms with van der Waals surface area (Å²) in [5, 5.41) is 8.82. The van der Waals surface area contributed by atoms with Crippen LogP contribution in [0.25, 0.3) is 0 Å². The standard InChI is InChI=1S/C11H22N2O2/c1-3-13(9-11(14)15)10-5-4-7-12(2)8-6-10/h10H,3-9H2,1-2H3,(H,14,15). The molecular weight excluding hydrogens is 192 g/mol. The molecule has 1 heterocycles. The lowest BCUT2D eigenvalue weighted by molar-refractivity contribution is -0.138. The van der Waals surface area contributed by atoms with Crippen LogP contribution in [0.5, 0.6) is 0 Å². The lowest BCUT2D eigenvalue weighted by Crippen LogP contribution is -2.39. The molecule has 0 saturated carbocycles. The first kappa shape index (κ1) is 12.5. The van der Waals surface area contributed by atoms with Crippen LogP contribution in [0.3, 0.4) is 0 Å². The van der Waals surface area contributed by atoms with Crippen LogP contribution in [-0.2, 0) is 4.79 Å². The number of likely N-dealkylation sites (N-methyl/N-ethyl adjacent to an activating group) is 1. The van der Waals surface area contributed by atoms with E-state index in [1.165, 1.54) is 6.42 Å². The van der Waals surface area contributed by atoms with E-state index in [2.05, 4.69) is 16.8 Å². The highest BCUT2D eigenvalue weighted by molar-refractivity contribution is 5.69. The van der Waals surface area contributed by atoms with E-state index in [0.717, 1.165) is 32.5 Å². The summed E-state index contributed by atoms with van der Waals surface area (Å²) in [4.78, 5) is 15.1. The zero-order valence-electron chi connectivity index (χ0n) is 9.78. The summed E-state index contributed by atoms with van der Waals surface area (Å²) in [6.07, 6.45) is 3.40. The first-order chi connectivity index (χ1) is 7.13. The normalized spacial score (nSPS) is 24.1. The average Bonchev–Trinajstić information content (AvgIpc) is 2.39. The van der Waals surface area contributed by atoms with Gasteiger partial charge in [0.05, 0.1) is 6.54 Å². The van der Waals surface area contributed by atoms with Crippen molar-refractivity contribution in [1.82, 2.24) is 9.80 Å². The van der Waals surface area contributed by atoms with Gasteiger partial charge >= 0.3 is 5.97 Å². The zero-order valence-corrected chi connectivity index (χ0v) is 9.78. The van der Waals surface area contributed by atoms with E-state index in [1.54, 1.807) is 0 Å². The number of carboxylic acid groups (broad SMARTS) is 1. The number of hydrogen-bond donors (Lipinski definition) is 1. The topological polar surface area (TPSA) is 43.8 Å². The second-order valence-electron chi connectivity index (χ2n) is 4.34. The van der Waals surface area contributed by atoms with Crippen molar-refractivity contribution in [1.29, 1.82) is 0 Å². The molecule has 0 bridgehead atoms. The van der Waals surface area contributed by atoms with Gasteiger partial charge in [-0.1, -0.05) is 6.92 Å². The molecule has 88 valence electrons. The molecule has 0 aromatic carbocycles. The van der Waals surface area contributed by atoms with Gasteiger partial charge in [0.25, 0.3) is 0 Å². The molecule has 1 aliphatic heterocycles. The van der Waals surface area contributed by atoms with Crippen molar-refractivity contribution in [2.24, 2.45) is 0 Å². The molecule has 0 aliphatic carbocycles. The van der Waals surface area contributed by atoms with Crippen LogP contribution in [0.4, 0.5) is 0 Å². The largest absolute Gasteiger partial charge is 0.480 e. The molecule has 1 rings (SSSR count). The molecule has 0 radical (unpaired) electrons. The van der Waals surface area contributed by atoms with Gasteiger partial charge in [0.15, 0.2) is 0 Å². The van der Waals surface area contributed by atoms with Crippen LogP contribution >= 0.6 is 0 Å². The fraction of sp³-hybridized carbons (Fsp3) is 0.909. The van der Waals surface area contributed by atoms with Crippen molar-refractivity contribution in [2.75, 3.05) is 33.2 Å². The Bertz CT molecular complexity index is 209. The molecule has 1 aliphatic rings. The maximum atomic E-state index is 10.7. The number of carboxylic acids is 1. The van der Waals surface area contributed by atoms with Crippen LogP contribution in [0.2, 0.25) is 0 Å². The van der Waals surface area contributed by atoms with E-state index in [0.29, 0.717) is 6.04 Å². The SMILES string of the molecule is CCN(CC(=O)O)C1CCCN(C)CC1. The Morgan fingerprint density at radius 2 is 2.20 bits per heavy atom. The minimum Gasteiger partial charge on any atom is -0.480 e. The average molecular weight is 214 g/mol. The second-order valence-corrected chi connectivity index (χ2v) is 4.34. The Kier molecular flexibility index (Phi) is 5.05. The van der Waals surface area contributed by atoms with E-state index in [4.69, 9.17) is 5.11 Å². The Balaban J connectivity index is 2.47. The van der Waals surface area contributed by atoms with Gasteiger partial charge in [-0.25, -0.2) is 0 Å². The maximum Gasteiger partial charge on any atom is 0.317 e. The Hall–Kier alpha value is -0.610. The van der Waals surface area contributed by atoms with Crippen molar-refractivity contribution in [3.63, 3.8) is 0 Å². The number of likely N-dealkylation sites (tertiary alicyclic amines) is 1. The molecule has 4 heteroatoms. The van der Waals surface area contributed by atoms with Gasteiger partial charge in [-0.15, -0.1) is 0 Å². The predicted molar refractivity (Wildman–Crippen MR) is 60.0 cm³/mol. The van der Waals surface area contributed by atoms with E-state index in [9.17, 15) is 4.79 Å². The van der Waals surface area contributed by atoms with E-state index in [-0.39, 0.29) is 6.54 Å². The Labute approximate surface area is 91.9 Å². The van der Waals surface area contributed by atoms with Gasteiger partial charge in [0.1, 0.15) is 0 Å². The van der Waals surface area contributed by atoms with Gasteiger partial charge < -0.3 is 10.0 Å². The van der Waals surface area contributed by atoms with Crippen LogP contribution in [0, 0.1) is 0 Å². The lowest BCUT2D eigenvalue weighted by atomic mass is 10.1. The summed E-state index contributed by atoms with van der Waals surface area (Å²) in [7, 11) is 2.13. The molecule has 1 fully saturated rings. The van der Waals surface area contributed by atoms with E-state index in [1.807, 2.05) is 6.92 Å². The second kappa shape index (κ2) is 6.08. The molecule has 4 nitrogen and oxygen atoms in total. The van der Waals surface area contributed by atoms with Gasteiger partial charge in [0.2, 0.25) is 0 Å². The maximum absolute atomic E-state index is 10.7. The highest BCUT2D eigenvalue weighted by Gasteiger charge is 2.21. The molecule has 1 atom stereocenters. The quantitative estimate of drug-likeness (QED) is 0.754. The number of carbonyl (C=O) groups is 1. The predicted octanol–water partition coefficient (Wildman–Crippen LogP) is 0.877. The minimum absolute atomic E-state index is 0.185. The fourth-order valence-corrected chi connectivity index (χ4v) is 2.26. The highest BCUT2D eigenvalue weighted by atomic mass is 16.4. The van der Waals surface area contributed by atoms with Crippen molar-refractivity contribution in [3.8, 4) is 0 Å². The minimum atomic E-state index is -0.713. The smallest absolute Gasteiger partial charge is 0.317 e. The molecule has 1 saturated heterocycles. The van der Waals surface area contributed by atoms with Crippen LogP contribution in [0.15, 0.2) is 0 Å². The first-order valence-corrected chi connectivity index (χ1v) is 5.78. The Morgan fingerprint density at radius 1 is 1.47 bits per heavy atom. The molecule has 0 spiro atoms. The van der Waals surface area contributed by atoms with E-state index >= 15 is 0 Å². The third kappa shape index (κ3) is 4.18. The summed E-state index contributed by atoms with van der Waals surface area (Å²) in [6.45, 7) is 5.28. The molecule has 0 amide bonds. The molecule has 0 aromatic heterocycles. The molecule has 0 aromatic rings. The van der Waals surface area contributed by atoms with Crippen molar-refractivity contribution in [3.05, 3.63) is 0 Å². The van der Waals surface area contributed by atoms with Crippen LogP contribution < -0.4 is 0 Å². The number of aliphatic carboxylic acids is 1. The lowest BCUT2D eigenvalue weighted by Gasteiger charge is -2.28. The number of nitrogens with zero attached hydrogens (tertiary/aromatic N) is 2. The third-order valence-electron chi connectivity index (χ3n) is 3.18. The molecular formula is C11H22N2O2. The first-order valence-electron chi connectivity index (χ1n) is 5.78. The van der Waals surface area contributed by atoms with Gasteiger partial charge in [0, 0.05) is 6.04 Å².